The Labute approximate surface area is 227 Å². The number of hydrogen-bond donors (Lipinski definition) is 1. The van der Waals surface area contributed by atoms with Crippen molar-refractivity contribution in [2.75, 3.05) is 18.4 Å². The number of piperidine rings is 1. The molecule has 6 nitrogen and oxygen atoms in total. The Morgan fingerprint density at radius 3 is 2.08 bits per heavy atom. The first-order chi connectivity index (χ1) is 19.2. The summed E-state index contributed by atoms with van der Waals surface area (Å²) < 4.78 is 0. The van der Waals surface area contributed by atoms with Crippen LogP contribution in [0, 0.1) is 0 Å². The SMILES string of the molecule is O=C1[N]c2cc(C3CCN(Cc4ccc(-c5nc6ccccc6nc5-c5ccccc5)cc4)CC3)ccc2N1. The summed E-state index contributed by atoms with van der Waals surface area (Å²) >= 11 is 0. The maximum atomic E-state index is 11.5. The maximum absolute atomic E-state index is 11.5. The minimum absolute atomic E-state index is 0.271. The Balaban J connectivity index is 1.06. The molecule has 3 heterocycles. The second-order valence-corrected chi connectivity index (χ2v) is 10.3. The number of urea groups is 1. The lowest BCUT2D eigenvalue weighted by atomic mass is 9.89. The molecule has 0 unspecified atom stereocenters. The number of rotatable bonds is 5. The summed E-state index contributed by atoms with van der Waals surface area (Å²) in [4.78, 5) is 24.1. The zero-order valence-corrected chi connectivity index (χ0v) is 21.5. The van der Waals surface area contributed by atoms with Gasteiger partial charge in [0.2, 0.25) is 0 Å². The van der Waals surface area contributed by atoms with Gasteiger partial charge in [-0.05, 0) is 67.2 Å². The van der Waals surface area contributed by atoms with Crippen molar-refractivity contribution in [2.24, 2.45) is 0 Å². The molecule has 1 N–H and O–H groups in total. The van der Waals surface area contributed by atoms with Gasteiger partial charge < -0.3 is 5.32 Å². The highest BCUT2D eigenvalue weighted by molar-refractivity contribution is 6.02. The molecule has 0 spiro atoms. The van der Waals surface area contributed by atoms with E-state index in [1.54, 1.807) is 0 Å². The fourth-order valence-electron chi connectivity index (χ4n) is 5.70. The van der Waals surface area contributed by atoms with Gasteiger partial charge in [-0.3, -0.25) is 4.90 Å². The van der Waals surface area contributed by atoms with Gasteiger partial charge in [-0.1, -0.05) is 72.8 Å². The Morgan fingerprint density at radius 1 is 0.744 bits per heavy atom. The average molecular weight is 511 g/mol. The largest absolute Gasteiger partial charge is 0.346 e. The molecular weight excluding hydrogens is 482 g/mol. The van der Waals surface area contributed by atoms with Gasteiger partial charge in [-0.15, -0.1) is 0 Å². The minimum Gasteiger partial charge on any atom is -0.304 e. The van der Waals surface area contributed by atoms with Crippen LogP contribution in [-0.2, 0) is 6.54 Å². The normalized spacial score (nSPS) is 15.6. The molecule has 0 saturated carbocycles. The lowest BCUT2D eigenvalue weighted by Crippen LogP contribution is -2.32. The van der Waals surface area contributed by atoms with E-state index >= 15 is 0 Å². The predicted molar refractivity (Wildman–Crippen MR) is 155 cm³/mol. The van der Waals surface area contributed by atoms with Gasteiger partial charge in [0.25, 0.3) is 0 Å². The summed E-state index contributed by atoms with van der Waals surface area (Å²) in [6.07, 6.45) is 2.21. The van der Waals surface area contributed by atoms with Gasteiger partial charge in [0.15, 0.2) is 0 Å². The first kappa shape index (κ1) is 23.6. The number of para-hydroxylation sites is 2. The topological polar surface area (TPSA) is 72.2 Å². The molecule has 191 valence electrons. The van der Waals surface area contributed by atoms with Crippen LogP contribution in [0.5, 0.6) is 0 Å². The van der Waals surface area contributed by atoms with Gasteiger partial charge in [0.05, 0.1) is 33.8 Å². The monoisotopic (exact) mass is 510 g/mol. The maximum Gasteiger partial charge on any atom is 0.346 e. The standard InChI is InChI=1S/C33H28N5O/c39-33-36-29-15-14-26(20-30(29)37-33)23-16-18-38(19-17-23)21-22-10-12-25(13-11-22)32-31(24-6-2-1-3-7-24)34-27-8-4-5-9-28(27)35-32/h1-15,20,23H,16-19,21H2,(H,36,39). The first-order valence-electron chi connectivity index (χ1n) is 13.5. The zero-order valence-electron chi connectivity index (χ0n) is 21.5. The number of benzene rings is 4. The second-order valence-electron chi connectivity index (χ2n) is 10.3. The van der Waals surface area contributed by atoms with Crippen molar-refractivity contribution in [3.63, 3.8) is 0 Å². The van der Waals surface area contributed by atoms with Gasteiger partial charge >= 0.3 is 6.03 Å². The summed E-state index contributed by atoms with van der Waals surface area (Å²) in [5.41, 5.74) is 9.92. The van der Waals surface area contributed by atoms with Gasteiger partial charge in [-0.25, -0.2) is 14.8 Å². The van der Waals surface area contributed by atoms with E-state index in [4.69, 9.17) is 9.97 Å². The van der Waals surface area contributed by atoms with E-state index < -0.39 is 0 Å². The number of carbonyl (C=O) groups is 1. The quantitative estimate of drug-likeness (QED) is 0.273. The molecule has 0 aliphatic carbocycles. The van der Waals surface area contributed by atoms with Crippen molar-refractivity contribution >= 4 is 28.4 Å². The minimum atomic E-state index is -0.271. The fourth-order valence-corrected chi connectivity index (χ4v) is 5.70. The van der Waals surface area contributed by atoms with Crippen LogP contribution in [-0.4, -0.2) is 34.0 Å². The Morgan fingerprint density at radius 2 is 1.38 bits per heavy atom. The van der Waals surface area contributed by atoms with E-state index in [0.29, 0.717) is 5.92 Å². The molecule has 1 saturated heterocycles. The highest BCUT2D eigenvalue weighted by Crippen LogP contribution is 2.35. The molecule has 5 aromatic rings. The number of hydrogen-bond acceptors (Lipinski definition) is 4. The third kappa shape index (κ3) is 4.75. The molecule has 1 aromatic heterocycles. The molecule has 2 aliphatic rings. The van der Waals surface area contributed by atoms with Crippen LogP contribution in [0.25, 0.3) is 33.5 Å². The molecule has 1 radical (unpaired) electrons. The number of aromatic nitrogens is 2. The molecule has 6 heteroatoms. The number of carbonyl (C=O) groups excluding carboxylic acids is 1. The van der Waals surface area contributed by atoms with Crippen LogP contribution in [0.15, 0.2) is 97.1 Å². The first-order valence-corrected chi connectivity index (χ1v) is 13.5. The van der Waals surface area contributed by atoms with Crippen LogP contribution in [0.1, 0.15) is 29.9 Å². The number of nitrogens with zero attached hydrogens (tertiary/aromatic N) is 4. The fraction of sp³-hybridized carbons (Fsp3) is 0.182. The zero-order chi connectivity index (χ0) is 26.2. The Bertz CT molecular complexity index is 1660. The number of likely N-dealkylation sites (tertiary alicyclic amines) is 1. The molecule has 1 fully saturated rings. The van der Waals surface area contributed by atoms with Crippen LogP contribution in [0.2, 0.25) is 0 Å². The van der Waals surface area contributed by atoms with E-state index in [1.165, 1.54) is 11.1 Å². The lowest BCUT2D eigenvalue weighted by Gasteiger charge is -2.32. The highest BCUT2D eigenvalue weighted by Gasteiger charge is 2.24. The third-order valence-electron chi connectivity index (χ3n) is 7.80. The van der Waals surface area contributed by atoms with Crippen molar-refractivity contribution in [1.82, 2.24) is 20.2 Å². The molecule has 39 heavy (non-hydrogen) atoms. The Kier molecular flexibility index (Phi) is 6.02. The number of fused-ring (bicyclic) bond motifs is 2. The second kappa shape index (κ2) is 9.97. The van der Waals surface area contributed by atoms with E-state index in [2.05, 4.69) is 64.1 Å². The molecule has 2 aliphatic heterocycles. The smallest absolute Gasteiger partial charge is 0.304 e. The van der Waals surface area contributed by atoms with E-state index in [1.807, 2.05) is 48.5 Å². The number of amides is 2. The lowest BCUT2D eigenvalue weighted by molar-refractivity contribution is 0.204. The summed E-state index contributed by atoms with van der Waals surface area (Å²) in [6.45, 7) is 3.03. The van der Waals surface area contributed by atoms with Crippen LogP contribution in [0.3, 0.4) is 0 Å². The van der Waals surface area contributed by atoms with Crippen molar-refractivity contribution in [2.45, 2.75) is 25.3 Å². The molecule has 2 amide bonds. The van der Waals surface area contributed by atoms with Crippen molar-refractivity contribution in [3.8, 4) is 22.5 Å². The molecular formula is C33H28N5O. The summed E-state index contributed by atoms with van der Waals surface area (Å²) in [6, 6.07) is 33.1. The summed E-state index contributed by atoms with van der Waals surface area (Å²) in [5, 5.41) is 6.85. The molecule has 7 rings (SSSR count). The molecule has 0 atom stereocenters. The van der Waals surface area contributed by atoms with Crippen LogP contribution < -0.4 is 10.6 Å². The summed E-state index contributed by atoms with van der Waals surface area (Å²) in [7, 11) is 0. The van der Waals surface area contributed by atoms with Crippen LogP contribution in [0.4, 0.5) is 16.2 Å². The predicted octanol–water partition coefficient (Wildman–Crippen LogP) is 7.12. The molecule has 4 aromatic carbocycles. The van der Waals surface area contributed by atoms with Gasteiger partial charge in [0.1, 0.15) is 0 Å². The van der Waals surface area contributed by atoms with Crippen molar-refractivity contribution < 1.29 is 4.79 Å². The summed E-state index contributed by atoms with van der Waals surface area (Å²) in [5.74, 6) is 0.503. The van der Waals surface area contributed by atoms with Gasteiger partial charge in [-0.2, -0.15) is 5.32 Å². The van der Waals surface area contributed by atoms with Gasteiger partial charge in [0, 0.05) is 17.7 Å². The number of nitrogens with one attached hydrogen (secondary N) is 1. The highest BCUT2D eigenvalue weighted by atomic mass is 16.2. The average Bonchev–Trinajstić information content (AvgIpc) is 3.37. The van der Waals surface area contributed by atoms with E-state index in [0.717, 1.165) is 77.4 Å². The Hall–Kier alpha value is -4.55. The molecule has 0 bridgehead atoms. The van der Waals surface area contributed by atoms with E-state index in [-0.39, 0.29) is 6.03 Å². The van der Waals surface area contributed by atoms with Crippen molar-refractivity contribution in [1.29, 1.82) is 0 Å². The van der Waals surface area contributed by atoms with Crippen molar-refractivity contribution in [3.05, 3.63) is 108 Å². The van der Waals surface area contributed by atoms with E-state index in [9.17, 15) is 4.79 Å². The third-order valence-corrected chi connectivity index (χ3v) is 7.80. The number of anilines is 1. The van der Waals surface area contributed by atoms with Crippen LogP contribution >= 0.6 is 0 Å².